The Kier molecular flexibility index (Phi) is 5.74. The van der Waals surface area contributed by atoms with Crippen LogP contribution in [0.1, 0.15) is 64.7 Å². The predicted octanol–water partition coefficient (Wildman–Crippen LogP) is 4.48. The Morgan fingerprint density at radius 1 is 1.16 bits per heavy atom. The maximum absolute atomic E-state index is 11.4. The number of fused-ring (bicyclic) bond motifs is 1. The largest absolute Gasteiger partial charge is 0.425 e. The minimum Gasteiger partial charge on any atom is -0.425 e. The highest BCUT2D eigenvalue weighted by molar-refractivity contribution is 5.72. The van der Waals surface area contributed by atoms with E-state index in [2.05, 4.69) is 19.1 Å². The van der Waals surface area contributed by atoms with Gasteiger partial charge in [0.25, 0.3) is 0 Å². The number of rotatable bonds is 1. The highest BCUT2D eigenvalue weighted by Gasteiger charge is 2.37. The summed E-state index contributed by atoms with van der Waals surface area (Å²) in [7, 11) is 0. The number of amides is 1. The van der Waals surface area contributed by atoms with Crippen LogP contribution in [0.3, 0.4) is 0 Å². The van der Waals surface area contributed by atoms with Crippen LogP contribution in [0.4, 0.5) is 4.79 Å². The fourth-order valence-electron chi connectivity index (χ4n) is 3.01. The van der Waals surface area contributed by atoms with E-state index in [9.17, 15) is 4.79 Å². The Hall–Kier alpha value is -0.990. The molecule has 2 unspecified atom stereocenters. The number of carbonyl (C=O) groups is 1. The first-order valence-electron chi connectivity index (χ1n) is 7.93. The molecule has 108 valence electrons. The van der Waals surface area contributed by atoms with Crippen LogP contribution in [0.5, 0.6) is 0 Å². The van der Waals surface area contributed by atoms with E-state index in [1.807, 2.05) is 4.90 Å². The van der Waals surface area contributed by atoms with Gasteiger partial charge in [-0.1, -0.05) is 38.3 Å². The number of ether oxygens (including phenoxy) is 1. The molecule has 3 nitrogen and oxygen atoms in total. The zero-order chi connectivity index (χ0) is 13.5. The van der Waals surface area contributed by atoms with Gasteiger partial charge in [-0.2, -0.15) is 0 Å². The van der Waals surface area contributed by atoms with Crippen molar-refractivity contribution in [3.05, 3.63) is 12.2 Å². The molecular weight excluding hydrogens is 238 g/mol. The van der Waals surface area contributed by atoms with Gasteiger partial charge in [-0.3, -0.25) is 4.90 Å². The van der Waals surface area contributed by atoms with Crippen molar-refractivity contribution < 1.29 is 9.53 Å². The molecule has 19 heavy (non-hydrogen) atoms. The molecule has 0 aliphatic carbocycles. The third kappa shape index (κ3) is 4.26. The van der Waals surface area contributed by atoms with E-state index in [0.717, 1.165) is 31.7 Å². The Morgan fingerprint density at radius 3 is 2.68 bits per heavy atom. The third-order valence-corrected chi connectivity index (χ3v) is 4.39. The fraction of sp³-hybridized carbons (Fsp3) is 0.812. The summed E-state index contributed by atoms with van der Waals surface area (Å²) in [5.74, 6) is 0.799. The highest BCUT2D eigenvalue weighted by atomic mass is 16.6. The molecule has 0 aromatic rings. The summed E-state index contributed by atoms with van der Waals surface area (Å²) in [6, 6.07) is 0. The zero-order valence-corrected chi connectivity index (χ0v) is 12.1. The lowest BCUT2D eigenvalue weighted by Gasteiger charge is -2.40. The standard InChI is InChI=1S/C16H27NO2/c1-2-14-10-8-6-4-3-5-7-9-13-17-15(12-11-14)19-16(17)18/h3,5,14-15H,2,4,6-13H2,1H3. The summed E-state index contributed by atoms with van der Waals surface area (Å²) < 4.78 is 5.26. The molecule has 2 rings (SSSR count). The van der Waals surface area contributed by atoms with Crippen molar-refractivity contribution in [3.63, 3.8) is 0 Å². The fourth-order valence-corrected chi connectivity index (χ4v) is 3.01. The van der Waals surface area contributed by atoms with E-state index >= 15 is 0 Å². The van der Waals surface area contributed by atoms with Crippen LogP contribution < -0.4 is 0 Å². The molecule has 2 heterocycles. The van der Waals surface area contributed by atoms with Crippen LogP contribution in [0.2, 0.25) is 0 Å². The van der Waals surface area contributed by atoms with E-state index in [4.69, 9.17) is 4.74 Å². The molecule has 2 atom stereocenters. The summed E-state index contributed by atoms with van der Waals surface area (Å²) in [5, 5.41) is 0. The highest BCUT2D eigenvalue weighted by Crippen LogP contribution is 2.27. The van der Waals surface area contributed by atoms with Gasteiger partial charge in [-0.05, 0) is 38.0 Å². The number of hydrogen-bond donors (Lipinski definition) is 0. The minimum absolute atomic E-state index is 0.0634. The first kappa shape index (κ1) is 14.4. The SMILES string of the molecule is CCC1CCCCC=CCCCN2C(=O)OC2CC1. The quantitative estimate of drug-likeness (QED) is 0.654. The molecule has 0 aromatic heterocycles. The third-order valence-electron chi connectivity index (χ3n) is 4.39. The molecule has 0 radical (unpaired) electrons. The van der Waals surface area contributed by atoms with Crippen molar-refractivity contribution in [2.45, 2.75) is 70.9 Å². The van der Waals surface area contributed by atoms with Crippen molar-refractivity contribution in [3.8, 4) is 0 Å². The summed E-state index contributed by atoms with van der Waals surface area (Å²) in [4.78, 5) is 13.4. The van der Waals surface area contributed by atoms with Gasteiger partial charge in [0, 0.05) is 13.0 Å². The molecule has 1 fully saturated rings. The lowest BCUT2D eigenvalue weighted by Crippen LogP contribution is -2.54. The molecule has 1 amide bonds. The normalized spacial score (nSPS) is 29.9. The van der Waals surface area contributed by atoms with Crippen LogP contribution >= 0.6 is 0 Å². The number of hydrogen-bond acceptors (Lipinski definition) is 2. The van der Waals surface area contributed by atoms with Gasteiger partial charge >= 0.3 is 6.09 Å². The Morgan fingerprint density at radius 2 is 1.95 bits per heavy atom. The van der Waals surface area contributed by atoms with Crippen LogP contribution in [-0.2, 0) is 4.74 Å². The van der Waals surface area contributed by atoms with Gasteiger partial charge in [0.2, 0.25) is 0 Å². The summed E-state index contributed by atoms with van der Waals surface area (Å²) in [6.07, 6.45) is 15.3. The minimum atomic E-state index is -0.117. The average Bonchev–Trinajstić information content (AvgIpc) is 2.41. The van der Waals surface area contributed by atoms with E-state index in [-0.39, 0.29) is 12.3 Å². The first-order chi connectivity index (χ1) is 9.31. The molecule has 0 spiro atoms. The second kappa shape index (κ2) is 7.56. The van der Waals surface area contributed by atoms with E-state index in [0.29, 0.717) is 0 Å². The van der Waals surface area contributed by atoms with E-state index in [1.54, 1.807) is 0 Å². The molecule has 2 aliphatic rings. The number of nitrogens with zero attached hydrogens (tertiary/aromatic N) is 1. The summed E-state index contributed by atoms with van der Waals surface area (Å²) in [6.45, 7) is 3.13. The lowest BCUT2D eigenvalue weighted by atomic mass is 9.93. The first-order valence-corrected chi connectivity index (χ1v) is 7.93. The van der Waals surface area contributed by atoms with E-state index in [1.165, 1.54) is 38.5 Å². The molecule has 3 heteroatoms. The van der Waals surface area contributed by atoms with Crippen LogP contribution in [0.25, 0.3) is 0 Å². The van der Waals surface area contributed by atoms with Crippen LogP contribution in [0.15, 0.2) is 12.2 Å². The van der Waals surface area contributed by atoms with Gasteiger partial charge in [-0.15, -0.1) is 0 Å². The van der Waals surface area contributed by atoms with Crippen molar-refractivity contribution in [1.29, 1.82) is 0 Å². The van der Waals surface area contributed by atoms with Gasteiger partial charge in [0.1, 0.15) is 0 Å². The van der Waals surface area contributed by atoms with Crippen LogP contribution in [-0.4, -0.2) is 23.8 Å². The zero-order valence-electron chi connectivity index (χ0n) is 12.1. The molecule has 0 N–H and O–H groups in total. The van der Waals surface area contributed by atoms with E-state index < -0.39 is 0 Å². The summed E-state index contributed by atoms with van der Waals surface area (Å²) in [5.41, 5.74) is 0. The maximum atomic E-state index is 11.4. The molecule has 2 aliphatic heterocycles. The van der Waals surface area contributed by atoms with Gasteiger partial charge < -0.3 is 4.74 Å². The molecule has 0 saturated carbocycles. The van der Waals surface area contributed by atoms with Gasteiger partial charge in [0.05, 0.1) is 0 Å². The Labute approximate surface area is 117 Å². The topological polar surface area (TPSA) is 29.5 Å². The monoisotopic (exact) mass is 265 g/mol. The number of carbonyl (C=O) groups excluding carboxylic acids is 1. The van der Waals surface area contributed by atoms with Gasteiger partial charge in [-0.25, -0.2) is 4.79 Å². The predicted molar refractivity (Wildman–Crippen MR) is 76.8 cm³/mol. The van der Waals surface area contributed by atoms with Crippen molar-refractivity contribution in [2.75, 3.05) is 6.54 Å². The molecular formula is C16H27NO2. The lowest BCUT2D eigenvalue weighted by molar-refractivity contribution is -0.102. The maximum Gasteiger partial charge on any atom is 0.414 e. The Balaban J connectivity index is 1.86. The molecule has 0 aromatic carbocycles. The van der Waals surface area contributed by atoms with Crippen molar-refractivity contribution in [1.82, 2.24) is 4.90 Å². The smallest absolute Gasteiger partial charge is 0.414 e. The second-order valence-corrected chi connectivity index (χ2v) is 5.78. The molecule has 1 saturated heterocycles. The average molecular weight is 265 g/mol. The second-order valence-electron chi connectivity index (χ2n) is 5.78. The summed E-state index contributed by atoms with van der Waals surface area (Å²) >= 11 is 0. The van der Waals surface area contributed by atoms with Crippen molar-refractivity contribution >= 4 is 6.09 Å². The molecule has 0 bridgehead atoms. The van der Waals surface area contributed by atoms with Gasteiger partial charge in [0.15, 0.2) is 6.23 Å². The van der Waals surface area contributed by atoms with Crippen LogP contribution in [0, 0.1) is 5.92 Å². The van der Waals surface area contributed by atoms with Crippen molar-refractivity contribution in [2.24, 2.45) is 5.92 Å². The Bertz CT molecular complexity index is 314. The number of allylic oxidation sites excluding steroid dienone is 2.